The highest BCUT2D eigenvalue weighted by molar-refractivity contribution is 7.08. The number of nitrogens with zero attached hydrogens (tertiary/aromatic N) is 1. The van der Waals surface area contributed by atoms with Crippen molar-refractivity contribution in [2.45, 2.75) is 25.4 Å². The van der Waals surface area contributed by atoms with Gasteiger partial charge in [0.15, 0.2) is 0 Å². The van der Waals surface area contributed by atoms with Crippen LogP contribution in [0, 0.1) is 5.82 Å². The average Bonchev–Trinajstić information content (AvgIpc) is 3.09. The van der Waals surface area contributed by atoms with Gasteiger partial charge >= 0.3 is 0 Å². The molecule has 98 valence electrons. The minimum absolute atomic E-state index is 0.0491. The van der Waals surface area contributed by atoms with E-state index in [1.54, 1.807) is 6.07 Å². The number of hydrogen-bond acceptors (Lipinski definition) is 2. The lowest BCUT2D eigenvalue weighted by Gasteiger charge is -2.22. The number of halogens is 1. The molecule has 1 aromatic heterocycles. The Bertz CT molecular complexity index is 578. The summed E-state index contributed by atoms with van der Waals surface area (Å²) >= 11 is 1.52. The normalized spacial score (nSPS) is 14.4. The molecule has 0 bridgehead atoms. The molecule has 0 radical (unpaired) electrons. The molecule has 0 atom stereocenters. The van der Waals surface area contributed by atoms with E-state index in [0.717, 1.165) is 24.0 Å². The minimum Gasteiger partial charge on any atom is -0.331 e. The molecule has 0 spiro atoms. The van der Waals surface area contributed by atoms with Gasteiger partial charge in [-0.05, 0) is 42.0 Å². The Kier molecular flexibility index (Phi) is 3.34. The van der Waals surface area contributed by atoms with E-state index in [1.807, 2.05) is 27.8 Å². The topological polar surface area (TPSA) is 20.3 Å². The Morgan fingerprint density at radius 1 is 1.37 bits per heavy atom. The van der Waals surface area contributed by atoms with E-state index in [9.17, 15) is 9.18 Å². The number of carbonyl (C=O) groups is 1. The Morgan fingerprint density at radius 2 is 2.21 bits per heavy atom. The molecule has 1 fully saturated rings. The maximum absolute atomic E-state index is 13.2. The second-order valence-corrected chi connectivity index (χ2v) is 5.59. The van der Waals surface area contributed by atoms with Gasteiger partial charge in [0.1, 0.15) is 5.82 Å². The molecule has 1 aliphatic carbocycles. The molecule has 19 heavy (non-hydrogen) atoms. The van der Waals surface area contributed by atoms with Gasteiger partial charge in [-0.25, -0.2) is 4.39 Å². The first kappa shape index (κ1) is 12.4. The van der Waals surface area contributed by atoms with Crippen LogP contribution in [0.5, 0.6) is 0 Å². The third kappa shape index (κ3) is 2.84. The lowest BCUT2D eigenvalue weighted by atomic mass is 10.2. The van der Waals surface area contributed by atoms with E-state index in [1.165, 1.54) is 23.5 Å². The van der Waals surface area contributed by atoms with Gasteiger partial charge in [-0.15, -0.1) is 0 Å². The standard InChI is InChI=1S/C15H14FNOS/c16-13-3-1-2-11(8-13)9-17(14-4-5-14)15(18)12-6-7-19-10-12/h1-3,6-8,10,14H,4-5,9H2. The summed E-state index contributed by atoms with van der Waals surface area (Å²) in [5, 5.41) is 3.77. The molecule has 4 heteroatoms. The monoisotopic (exact) mass is 275 g/mol. The summed E-state index contributed by atoms with van der Waals surface area (Å²) in [5.74, 6) is -0.204. The van der Waals surface area contributed by atoms with E-state index in [4.69, 9.17) is 0 Å². The van der Waals surface area contributed by atoms with Crippen LogP contribution in [-0.4, -0.2) is 16.8 Å². The summed E-state index contributed by atoms with van der Waals surface area (Å²) in [7, 11) is 0. The van der Waals surface area contributed by atoms with Crippen LogP contribution in [-0.2, 0) is 6.54 Å². The molecule has 3 rings (SSSR count). The van der Waals surface area contributed by atoms with Crippen molar-refractivity contribution in [3.63, 3.8) is 0 Å². The molecule has 1 heterocycles. The fourth-order valence-corrected chi connectivity index (χ4v) is 2.77. The molecule has 1 amide bonds. The van der Waals surface area contributed by atoms with Gasteiger partial charge in [-0.1, -0.05) is 12.1 Å². The summed E-state index contributed by atoms with van der Waals surface area (Å²) in [6.07, 6.45) is 2.09. The molecule has 1 aliphatic rings. The van der Waals surface area contributed by atoms with Crippen LogP contribution in [0.3, 0.4) is 0 Å². The molecular formula is C15H14FNOS. The number of thiophene rings is 1. The van der Waals surface area contributed by atoms with Gasteiger partial charge in [0, 0.05) is 18.0 Å². The molecule has 1 aromatic carbocycles. The van der Waals surface area contributed by atoms with Crippen LogP contribution in [0.1, 0.15) is 28.8 Å². The zero-order valence-electron chi connectivity index (χ0n) is 10.4. The Balaban J connectivity index is 1.80. The van der Waals surface area contributed by atoms with E-state index >= 15 is 0 Å². The highest BCUT2D eigenvalue weighted by Crippen LogP contribution is 2.30. The van der Waals surface area contributed by atoms with Gasteiger partial charge in [0.2, 0.25) is 0 Å². The predicted octanol–water partition coefficient (Wildman–Crippen LogP) is 3.69. The SMILES string of the molecule is O=C(c1ccsc1)N(Cc1cccc(F)c1)C1CC1. The van der Waals surface area contributed by atoms with E-state index < -0.39 is 0 Å². The van der Waals surface area contributed by atoms with Crippen molar-refractivity contribution in [3.8, 4) is 0 Å². The maximum atomic E-state index is 13.2. The zero-order valence-corrected chi connectivity index (χ0v) is 11.2. The summed E-state index contributed by atoms with van der Waals surface area (Å²) in [6.45, 7) is 0.483. The van der Waals surface area contributed by atoms with Crippen LogP contribution in [0.25, 0.3) is 0 Å². The lowest BCUT2D eigenvalue weighted by molar-refractivity contribution is 0.0730. The van der Waals surface area contributed by atoms with Crippen LogP contribution in [0.4, 0.5) is 4.39 Å². The zero-order chi connectivity index (χ0) is 13.2. The number of rotatable bonds is 4. The van der Waals surface area contributed by atoms with E-state index in [-0.39, 0.29) is 11.7 Å². The molecule has 2 nitrogen and oxygen atoms in total. The fraction of sp³-hybridized carbons (Fsp3) is 0.267. The maximum Gasteiger partial charge on any atom is 0.255 e. The van der Waals surface area contributed by atoms with Crippen LogP contribution < -0.4 is 0 Å². The highest BCUT2D eigenvalue weighted by Gasteiger charge is 2.33. The van der Waals surface area contributed by atoms with Crippen molar-refractivity contribution < 1.29 is 9.18 Å². The molecule has 0 saturated heterocycles. The second kappa shape index (κ2) is 5.13. The predicted molar refractivity (Wildman–Crippen MR) is 73.6 cm³/mol. The highest BCUT2D eigenvalue weighted by atomic mass is 32.1. The first-order valence-corrected chi connectivity index (χ1v) is 7.26. The van der Waals surface area contributed by atoms with E-state index in [2.05, 4.69) is 0 Å². The first-order valence-electron chi connectivity index (χ1n) is 6.31. The number of hydrogen-bond donors (Lipinski definition) is 0. The largest absolute Gasteiger partial charge is 0.331 e. The average molecular weight is 275 g/mol. The summed E-state index contributed by atoms with van der Waals surface area (Å²) in [6, 6.07) is 8.62. The van der Waals surface area contributed by atoms with Crippen molar-refractivity contribution in [3.05, 3.63) is 58.0 Å². The third-order valence-corrected chi connectivity index (χ3v) is 3.94. The van der Waals surface area contributed by atoms with Gasteiger partial charge in [-0.2, -0.15) is 11.3 Å². The summed E-state index contributed by atoms with van der Waals surface area (Å²) in [4.78, 5) is 14.3. The lowest BCUT2D eigenvalue weighted by Crippen LogP contribution is -2.32. The second-order valence-electron chi connectivity index (χ2n) is 4.81. The first-order chi connectivity index (χ1) is 9.24. The third-order valence-electron chi connectivity index (χ3n) is 3.26. The number of benzene rings is 1. The molecule has 0 aliphatic heterocycles. The Hall–Kier alpha value is -1.68. The van der Waals surface area contributed by atoms with Gasteiger partial charge in [-0.3, -0.25) is 4.79 Å². The van der Waals surface area contributed by atoms with Gasteiger partial charge < -0.3 is 4.90 Å². The number of amides is 1. The minimum atomic E-state index is -0.253. The van der Waals surface area contributed by atoms with Crippen molar-refractivity contribution in [2.75, 3.05) is 0 Å². The van der Waals surface area contributed by atoms with Crippen molar-refractivity contribution in [1.82, 2.24) is 4.90 Å². The molecule has 1 saturated carbocycles. The summed E-state index contributed by atoms with van der Waals surface area (Å²) in [5.41, 5.74) is 1.57. The van der Waals surface area contributed by atoms with Crippen molar-refractivity contribution in [2.24, 2.45) is 0 Å². The number of carbonyl (C=O) groups excluding carboxylic acids is 1. The van der Waals surface area contributed by atoms with Gasteiger partial charge in [0.25, 0.3) is 5.91 Å². The quantitative estimate of drug-likeness (QED) is 0.833. The van der Waals surface area contributed by atoms with Crippen LogP contribution in [0.15, 0.2) is 41.1 Å². The Labute approximate surface area is 115 Å². The molecule has 0 N–H and O–H groups in total. The summed E-state index contributed by atoms with van der Waals surface area (Å²) < 4.78 is 13.2. The molecule has 2 aromatic rings. The van der Waals surface area contributed by atoms with Crippen molar-refractivity contribution in [1.29, 1.82) is 0 Å². The fourth-order valence-electron chi connectivity index (χ4n) is 2.14. The van der Waals surface area contributed by atoms with E-state index in [0.29, 0.717) is 12.6 Å². The van der Waals surface area contributed by atoms with Crippen LogP contribution in [0.2, 0.25) is 0 Å². The van der Waals surface area contributed by atoms with Gasteiger partial charge in [0.05, 0.1) is 5.56 Å². The molecular weight excluding hydrogens is 261 g/mol. The Morgan fingerprint density at radius 3 is 2.84 bits per heavy atom. The van der Waals surface area contributed by atoms with Crippen LogP contribution >= 0.6 is 11.3 Å². The smallest absolute Gasteiger partial charge is 0.255 e. The van der Waals surface area contributed by atoms with Crippen molar-refractivity contribution >= 4 is 17.2 Å². The molecule has 0 unspecified atom stereocenters.